The van der Waals surface area contributed by atoms with Gasteiger partial charge in [-0.1, -0.05) is 30.3 Å². The third-order valence-corrected chi connectivity index (χ3v) is 4.53. The normalized spacial score (nSPS) is 14.5. The van der Waals surface area contributed by atoms with Gasteiger partial charge in [-0.2, -0.15) is 17.6 Å². The topological polar surface area (TPSA) is 42.0 Å². The van der Waals surface area contributed by atoms with Gasteiger partial charge in [0.2, 0.25) is 0 Å². The van der Waals surface area contributed by atoms with Crippen LogP contribution in [0.4, 0.5) is 17.6 Å². The van der Waals surface area contributed by atoms with E-state index in [9.17, 15) is 22.4 Å². The highest BCUT2D eigenvalue weighted by Crippen LogP contribution is 2.29. The van der Waals surface area contributed by atoms with Crippen molar-refractivity contribution in [1.29, 1.82) is 0 Å². The summed E-state index contributed by atoms with van der Waals surface area (Å²) in [5.41, 5.74) is 1.04. The highest BCUT2D eigenvalue weighted by molar-refractivity contribution is 5.97. The fourth-order valence-electron chi connectivity index (χ4n) is 3.17. The predicted octanol–water partition coefficient (Wildman–Crippen LogP) is 0.851. The van der Waals surface area contributed by atoms with Crippen molar-refractivity contribution in [2.45, 2.75) is 19.8 Å². The van der Waals surface area contributed by atoms with Crippen LogP contribution in [0.2, 0.25) is 0 Å². The first-order valence-corrected chi connectivity index (χ1v) is 9.01. The highest BCUT2D eigenvalue weighted by atomic mass is 35.5. The highest BCUT2D eigenvalue weighted by Gasteiger charge is 2.26. The maximum atomic E-state index is 12.8. The summed E-state index contributed by atoms with van der Waals surface area (Å²) in [6, 6.07) is 13.1. The second kappa shape index (κ2) is 11.0. The summed E-state index contributed by atoms with van der Waals surface area (Å²) in [5.74, 6) is -1.35. The monoisotopic (exact) mass is 447 g/mol. The maximum absolute atomic E-state index is 12.8. The SMILES string of the molecule is O=C(c1ccc(OC(F)F)cc1OC(F)F)N1CCN(Cc2ccccc2)CC1.[Cl-]. The van der Waals surface area contributed by atoms with Crippen LogP contribution in [0.5, 0.6) is 11.5 Å². The molecular formula is C20H20ClF4N2O3-. The van der Waals surface area contributed by atoms with Gasteiger partial charge >= 0.3 is 13.2 Å². The molecule has 3 rings (SSSR count). The van der Waals surface area contributed by atoms with Gasteiger partial charge in [-0.05, 0) is 17.7 Å². The molecule has 1 amide bonds. The van der Waals surface area contributed by atoms with Crippen LogP contribution in [0.15, 0.2) is 48.5 Å². The molecule has 10 heteroatoms. The molecule has 5 nitrogen and oxygen atoms in total. The van der Waals surface area contributed by atoms with Gasteiger partial charge < -0.3 is 26.8 Å². The Kier molecular flexibility index (Phi) is 8.73. The zero-order chi connectivity index (χ0) is 20.8. The first kappa shape index (κ1) is 23.8. The first-order chi connectivity index (χ1) is 13.9. The van der Waals surface area contributed by atoms with Crippen LogP contribution in [0, 0.1) is 0 Å². The lowest BCUT2D eigenvalue weighted by molar-refractivity contribution is -0.0545. The van der Waals surface area contributed by atoms with Crippen LogP contribution in [-0.2, 0) is 6.54 Å². The average Bonchev–Trinajstić information content (AvgIpc) is 2.68. The average molecular weight is 448 g/mol. The van der Waals surface area contributed by atoms with E-state index in [2.05, 4.69) is 14.4 Å². The number of carbonyl (C=O) groups is 1. The Labute approximate surface area is 177 Å². The van der Waals surface area contributed by atoms with Gasteiger partial charge in [-0.3, -0.25) is 9.69 Å². The maximum Gasteiger partial charge on any atom is 0.387 e. The Morgan fingerprint density at radius 1 is 0.900 bits per heavy atom. The number of rotatable bonds is 7. The minimum atomic E-state index is -3.20. The molecule has 0 spiro atoms. The third kappa shape index (κ3) is 6.50. The second-order valence-electron chi connectivity index (χ2n) is 6.47. The molecule has 164 valence electrons. The van der Waals surface area contributed by atoms with E-state index in [-0.39, 0.29) is 23.7 Å². The van der Waals surface area contributed by atoms with Gasteiger partial charge in [0.1, 0.15) is 11.5 Å². The number of halogens is 5. The predicted molar refractivity (Wildman–Crippen MR) is 97.3 cm³/mol. The van der Waals surface area contributed by atoms with Gasteiger partial charge in [0.25, 0.3) is 5.91 Å². The minimum absolute atomic E-state index is 0. The van der Waals surface area contributed by atoms with E-state index in [1.54, 1.807) is 0 Å². The van der Waals surface area contributed by atoms with Gasteiger partial charge in [-0.25, -0.2) is 0 Å². The molecular weight excluding hydrogens is 428 g/mol. The second-order valence-corrected chi connectivity index (χ2v) is 6.47. The summed E-state index contributed by atoms with van der Waals surface area (Å²) in [4.78, 5) is 16.5. The van der Waals surface area contributed by atoms with Crippen molar-refractivity contribution in [2.75, 3.05) is 26.2 Å². The van der Waals surface area contributed by atoms with Crippen molar-refractivity contribution in [3.05, 3.63) is 59.7 Å². The van der Waals surface area contributed by atoms with E-state index in [0.29, 0.717) is 26.2 Å². The Hall–Kier alpha value is -2.52. The van der Waals surface area contributed by atoms with E-state index in [1.807, 2.05) is 30.3 Å². The summed E-state index contributed by atoms with van der Waals surface area (Å²) in [6.45, 7) is -3.50. The van der Waals surface area contributed by atoms with E-state index >= 15 is 0 Å². The molecule has 1 aliphatic rings. The van der Waals surface area contributed by atoms with Gasteiger partial charge in [0, 0.05) is 38.8 Å². The standard InChI is InChI=1S/C20H20F4N2O3.ClH/c21-19(22)28-15-6-7-16(17(12-15)29-20(23)24)18(27)26-10-8-25(9-11-26)13-14-4-2-1-3-5-14;/h1-7,12,19-20H,8-11,13H2;1H/p-1. The van der Waals surface area contributed by atoms with E-state index in [0.717, 1.165) is 30.3 Å². The van der Waals surface area contributed by atoms with Crippen molar-refractivity contribution in [1.82, 2.24) is 9.80 Å². The number of alkyl halides is 4. The van der Waals surface area contributed by atoms with Crippen molar-refractivity contribution >= 4 is 5.91 Å². The number of piperazine rings is 1. The number of benzene rings is 2. The molecule has 1 aliphatic heterocycles. The van der Waals surface area contributed by atoms with E-state index in [1.165, 1.54) is 4.90 Å². The molecule has 2 aromatic carbocycles. The minimum Gasteiger partial charge on any atom is -1.00 e. The lowest BCUT2D eigenvalue weighted by Crippen LogP contribution is -3.00. The summed E-state index contributed by atoms with van der Waals surface area (Å²) >= 11 is 0. The lowest BCUT2D eigenvalue weighted by atomic mass is 10.1. The summed E-state index contributed by atoms with van der Waals surface area (Å²) < 4.78 is 58.7. The molecule has 1 fully saturated rings. The molecule has 30 heavy (non-hydrogen) atoms. The largest absolute Gasteiger partial charge is 1.00 e. The molecule has 1 heterocycles. The Bertz CT molecular complexity index is 819. The molecule has 0 atom stereocenters. The fourth-order valence-corrected chi connectivity index (χ4v) is 3.17. The Morgan fingerprint density at radius 3 is 2.13 bits per heavy atom. The third-order valence-electron chi connectivity index (χ3n) is 4.53. The fraction of sp³-hybridized carbons (Fsp3) is 0.350. The number of ether oxygens (including phenoxy) is 2. The Morgan fingerprint density at radius 2 is 1.53 bits per heavy atom. The Balaban J connectivity index is 0.00000320. The first-order valence-electron chi connectivity index (χ1n) is 9.01. The van der Waals surface area contributed by atoms with Crippen molar-refractivity contribution < 1.29 is 44.2 Å². The van der Waals surface area contributed by atoms with Crippen LogP contribution >= 0.6 is 0 Å². The van der Waals surface area contributed by atoms with Crippen LogP contribution in [0.1, 0.15) is 15.9 Å². The molecule has 1 saturated heterocycles. The molecule has 0 saturated carbocycles. The zero-order valence-corrected chi connectivity index (χ0v) is 16.6. The van der Waals surface area contributed by atoms with Crippen LogP contribution in [0.3, 0.4) is 0 Å². The quantitative estimate of drug-likeness (QED) is 0.590. The number of carbonyl (C=O) groups excluding carboxylic acids is 1. The molecule has 0 N–H and O–H groups in total. The number of hydrogen-bond acceptors (Lipinski definition) is 4. The van der Waals surface area contributed by atoms with Crippen LogP contribution in [-0.4, -0.2) is 55.1 Å². The van der Waals surface area contributed by atoms with Crippen LogP contribution < -0.4 is 21.9 Å². The summed E-state index contributed by atoms with van der Waals surface area (Å²) in [5, 5.41) is 0. The van der Waals surface area contributed by atoms with Gasteiger partial charge in [-0.15, -0.1) is 0 Å². The summed E-state index contributed by atoms with van der Waals surface area (Å²) in [7, 11) is 0. The molecule has 0 radical (unpaired) electrons. The molecule has 0 bridgehead atoms. The van der Waals surface area contributed by atoms with Gasteiger partial charge in [0.15, 0.2) is 0 Å². The molecule has 2 aromatic rings. The van der Waals surface area contributed by atoms with E-state index in [4.69, 9.17) is 0 Å². The summed E-state index contributed by atoms with van der Waals surface area (Å²) in [6.07, 6.45) is 0. The van der Waals surface area contributed by atoms with Crippen molar-refractivity contribution in [3.8, 4) is 11.5 Å². The van der Waals surface area contributed by atoms with Crippen molar-refractivity contribution in [2.24, 2.45) is 0 Å². The zero-order valence-electron chi connectivity index (χ0n) is 15.8. The number of amides is 1. The molecule has 0 unspecified atom stereocenters. The molecule has 0 aromatic heterocycles. The number of nitrogens with zero attached hydrogens (tertiary/aromatic N) is 2. The van der Waals surface area contributed by atoms with Gasteiger partial charge in [0.05, 0.1) is 5.56 Å². The van der Waals surface area contributed by atoms with E-state index < -0.39 is 24.9 Å². The number of hydrogen-bond donors (Lipinski definition) is 0. The van der Waals surface area contributed by atoms with Crippen molar-refractivity contribution in [3.63, 3.8) is 0 Å². The lowest BCUT2D eigenvalue weighted by Gasteiger charge is -2.35. The smallest absolute Gasteiger partial charge is 0.387 e. The molecule has 0 aliphatic carbocycles. The van der Waals surface area contributed by atoms with Crippen LogP contribution in [0.25, 0.3) is 0 Å².